The second kappa shape index (κ2) is 5.02. The molecule has 0 radical (unpaired) electrons. The molecule has 0 heterocycles. The first-order valence-corrected chi connectivity index (χ1v) is 8.14. The van der Waals surface area contributed by atoms with Crippen LogP contribution < -0.4 is 0 Å². The van der Waals surface area contributed by atoms with E-state index in [1.54, 1.807) is 0 Å². The van der Waals surface area contributed by atoms with Crippen molar-refractivity contribution in [2.24, 2.45) is 0 Å². The number of fused-ring (bicyclic) bond motifs is 3. The van der Waals surface area contributed by atoms with Gasteiger partial charge >= 0.3 is 0 Å². The van der Waals surface area contributed by atoms with E-state index in [2.05, 4.69) is 80.4 Å². The lowest BCUT2D eigenvalue weighted by atomic mass is 9.93. The van der Waals surface area contributed by atoms with Crippen molar-refractivity contribution < 1.29 is 0 Å². The highest BCUT2D eigenvalue weighted by Crippen LogP contribution is 2.35. The molecule has 18 heavy (non-hydrogen) atoms. The predicted molar refractivity (Wildman–Crippen MR) is 86.7 cm³/mol. The third-order valence-corrected chi connectivity index (χ3v) is 4.55. The summed E-state index contributed by atoms with van der Waals surface area (Å²) < 4.78 is 0. The normalized spacial score (nSPS) is 11.2. The van der Waals surface area contributed by atoms with Gasteiger partial charge in [-0.25, -0.2) is 0 Å². The second-order valence-corrected chi connectivity index (χ2v) is 5.44. The van der Waals surface area contributed by atoms with E-state index < -0.39 is 0 Å². The first kappa shape index (κ1) is 12.2. The van der Waals surface area contributed by atoms with Gasteiger partial charge in [0.2, 0.25) is 0 Å². The minimum Gasteiger partial charge on any atom is -0.0876 e. The molecule has 0 aliphatic rings. The van der Waals surface area contributed by atoms with Crippen LogP contribution in [0.5, 0.6) is 0 Å². The molecule has 0 atom stereocenters. The molecule has 90 valence electrons. The average Bonchev–Trinajstić information content (AvgIpc) is 2.45. The van der Waals surface area contributed by atoms with Gasteiger partial charge < -0.3 is 0 Å². The fraction of sp³-hybridized carbons (Fsp3) is 0.125. The minimum absolute atomic E-state index is 0.888. The van der Waals surface area contributed by atoms with Gasteiger partial charge in [-0.2, -0.15) is 0 Å². The van der Waals surface area contributed by atoms with E-state index in [-0.39, 0.29) is 0 Å². The minimum atomic E-state index is 0.888. The Bertz CT molecular complexity index is 654. The Labute approximate surface area is 123 Å². The van der Waals surface area contributed by atoms with Gasteiger partial charge in [0.25, 0.3) is 0 Å². The van der Waals surface area contributed by atoms with Crippen molar-refractivity contribution in [3.8, 4) is 0 Å². The zero-order chi connectivity index (χ0) is 12.5. The maximum atomic E-state index is 3.64. The Morgan fingerprint density at radius 1 is 0.556 bits per heavy atom. The molecule has 2 heteroatoms. The van der Waals surface area contributed by atoms with E-state index in [0.717, 1.165) is 10.7 Å². The van der Waals surface area contributed by atoms with E-state index >= 15 is 0 Å². The molecule has 0 nitrogen and oxygen atoms in total. The standard InChI is InChI=1S/C16H12Br2/c17-9-15-13-7-3-1-5-11(13)12-6-2-4-8-14(12)16(15)10-18/h1-8H,9-10H2. The molecular formula is C16H12Br2. The third-order valence-electron chi connectivity index (χ3n) is 3.43. The number of alkyl halides is 2. The maximum Gasteiger partial charge on any atom is 0.0292 e. The van der Waals surface area contributed by atoms with Crippen LogP contribution in [0, 0.1) is 0 Å². The molecule has 0 fully saturated rings. The van der Waals surface area contributed by atoms with E-state index in [1.165, 1.54) is 32.7 Å². The SMILES string of the molecule is BrCc1c(CBr)c2ccccc2c2ccccc12. The number of hydrogen-bond acceptors (Lipinski definition) is 0. The number of benzene rings is 3. The smallest absolute Gasteiger partial charge is 0.0292 e. The lowest BCUT2D eigenvalue weighted by Gasteiger charge is -2.14. The highest BCUT2D eigenvalue weighted by Gasteiger charge is 2.11. The van der Waals surface area contributed by atoms with Crippen molar-refractivity contribution in [1.82, 2.24) is 0 Å². The summed E-state index contributed by atoms with van der Waals surface area (Å²) in [7, 11) is 0. The summed E-state index contributed by atoms with van der Waals surface area (Å²) in [5, 5.41) is 7.16. The van der Waals surface area contributed by atoms with Gasteiger partial charge in [0.15, 0.2) is 0 Å². The molecular weight excluding hydrogens is 352 g/mol. The van der Waals surface area contributed by atoms with Crippen LogP contribution in [-0.2, 0) is 10.7 Å². The monoisotopic (exact) mass is 362 g/mol. The molecule has 3 aromatic carbocycles. The van der Waals surface area contributed by atoms with Gasteiger partial charge in [-0.05, 0) is 32.7 Å². The lowest BCUT2D eigenvalue weighted by molar-refractivity contribution is 1.37. The van der Waals surface area contributed by atoms with Crippen LogP contribution in [0.4, 0.5) is 0 Å². The van der Waals surface area contributed by atoms with Gasteiger partial charge in [0.05, 0.1) is 0 Å². The van der Waals surface area contributed by atoms with Crippen molar-refractivity contribution in [3.63, 3.8) is 0 Å². The summed E-state index contributed by atoms with van der Waals surface area (Å²) in [5.41, 5.74) is 2.78. The van der Waals surface area contributed by atoms with Crippen molar-refractivity contribution in [1.29, 1.82) is 0 Å². The highest BCUT2D eigenvalue weighted by atomic mass is 79.9. The number of rotatable bonds is 2. The van der Waals surface area contributed by atoms with Crippen molar-refractivity contribution in [2.45, 2.75) is 10.7 Å². The molecule has 3 rings (SSSR count). The molecule has 0 aliphatic carbocycles. The van der Waals surface area contributed by atoms with Gasteiger partial charge in [-0.3, -0.25) is 0 Å². The second-order valence-electron chi connectivity index (χ2n) is 4.32. The molecule has 0 saturated heterocycles. The van der Waals surface area contributed by atoms with Gasteiger partial charge in [-0.15, -0.1) is 0 Å². The molecule has 0 spiro atoms. The summed E-state index contributed by atoms with van der Waals surface area (Å²) in [4.78, 5) is 0. The Morgan fingerprint density at radius 3 is 1.22 bits per heavy atom. The van der Waals surface area contributed by atoms with Crippen molar-refractivity contribution in [3.05, 3.63) is 59.7 Å². The fourth-order valence-corrected chi connectivity index (χ4v) is 3.87. The Balaban J connectivity index is 2.61. The first-order valence-electron chi connectivity index (χ1n) is 5.90. The Hall–Kier alpha value is -0.860. The van der Waals surface area contributed by atoms with Crippen LogP contribution in [0.15, 0.2) is 48.5 Å². The van der Waals surface area contributed by atoms with Gasteiger partial charge in [0, 0.05) is 10.7 Å². The molecule has 0 bridgehead atoms. The topological polar surface area (TPSA) is 0 Å². The van der Waals surface area contributed by atoms with Crippen LogP contribution in [-0.4, -0.2) is 0 Å². The van der Waals surface area contributed by atoms with Gasteiger partial charge in [0.1, 0.15) is 0 Å². The molecule has 0 aromatic heterocycles. The Kier molecular flexibility index (Phi) is 3.40. The van der Waals surface area contributed by atoms with E-state index in [1.807, 2.05) is 0 Å². The number of hydrogen-bond donors (Lipinski definition) is 0. The molecule has 0 N–H and O–H groups in total. The lowest BCUT2D eigenvalue weighted by Crippen LogP contribution is -1.93. The molecule has 0 saturated carbocycles. The quantitative estimate of drug-likeness (QED) is 0.399. The van der Waals surface area contributed by atoms with Crippen LogP contribution in [0.1, 0.15) is 11.1 Å². The zero-order valence-electron chi connectivity index (χ0n) is 9.79. The largest absolute Gasteiger partial charge is 0.0876 e. The van der Waals surface area contributed by atoms with E-state index in [9.17, 15) is 0 Å². The summed E-state index contributed by atoms with van der Waals surface area (Å²) in [6.07, 6.45) is 0. The molecule has 0 aliphatic heterocycles. The van der Waals surface area contributed by atoms with E-state index in [0.29, 0.717) is 0 Å². The van der Waals surface area contributed by atoms with Crippen molar-refractivity contribution in [2.75, 3.05) is 0 Å². The van der Waals surface area contributed by atoms with Crippen LogP contribution in [0.25, 0.3) is 21.5 Å². The summed E-state index contributed by atoms with van der Waals surface area (Å²) in [6.45, 7) is 0. The van der Waals surface area contributed by atoms with Crippen molar-refractivity contribution >= 4 is 53.4 Å². The van der Waals surface area contributed by atoms with Crippen LogP contribution in [0.3, 0.4) is 0 Å². The third kappa shape index (κ3) is 1.79. The summed E-state index contributed by atoms with van der Waals surface area (Å²) in [5.74, 6) is 0. The fourth-order valence-electron chi connectivity index (χ4n) is 2.59. The first-order chi connectivity index (χ1) is 8.86. The zero-order valence-corrected chi connectivity index (χ0v) is 13.0. The van der Waals surface area contributed by atoms with Crippen LogP contribution >= 0.6 is 31.9 Å². The maximum absolute atomic E-state index is 3.64. The average molecular weight is 364 g/mol. The molecule has 0 unspecified atom stereocenters. The van der Waals surface area contributed by atoms with Crippen LogP contribution in [0.2, 0.25) is 0 Å². The summed E-state index contributed by atoms with van der Waals surface area (Å²) in [6, 6.07) is 17.3. The molecule has 0 amide bonds. The number of halogens is 2. The Morgan fingerprint density at radius 2 is 0.889 bits per heavy atom. The highest BCUT2D eigenvalue weighted by molar-refractivity contribution is 9.09. The van der Waals surface area contributed by atoms with E-state index in [4.69, 9.17) is 0 Å². The van der Waals surface area contributed by atoms with Gasteiger partial charge in [-0.1, -0.05) is 80.4 Å². The summed E-state index contributed by atoms with van der Waals surface area (Å²) >= 11 is 7.27. The molecule has 3 aromatic rings. The predicted octanol–water partition coefficient (Wildman–Crippen LogP) is 5.78.